The monoisotopic (exact) mass is 316 g/mol. The van der Waals surface area contributed by atoms with Gasteiger partial charge in [0.1, 0.15) is 5.75 Å². The second-order valence-corrected chi connectivity index (χ2v) is 5.06. The molecular formula is C17H14F2N2O2. The lowest BCUT2D eigenvalue weighted by atomic mass is 10.0. The summed E-state index contributed by atoms with van der Waals surface area (Å²) in [4.78, 5) is 12.1. The number of hydrogen-bond acceptors (Lipinski definition) is 3. The molecule has 0 saturated carbocycles. The van der Waals surface area contributed by atoms with E-state index in [2.05, 4.69) is 15.4 Å². The number of fused-ring (bicyclic) bond motifs is 1. The molecule has 1 heterocycles. The van der Waals surface area contributed by atoms with E-state index >= 15 is 0 Å². The first-order valence-corrected chi connectivity index (χ1v) is 6.97. The zero-order valence-corrected chi connectivity index (χ0v) is 12.3. The van der Waals surface area contributed by atoms with Crippen molar-refractivity contribution in [3.63, 3.8) is 0 Å². The molecule has 2 aromatic rings. The summed E-state index contributed by atoms with van der Waals surface area (Å²) in [7, 11) is 0. The highest BCUT2D eigenvalue weighted by atomic mass is 19.3. The van der Waals surface area contributed by atoms with E-state index in [4.69, 9.17) is 0 Å². The van der Waals surface area contributed by atoms with Crippen LogP contribution in [0.5, 0.6) is 5.75 Å². The Kier molecular flexibility index (Phi) is 3.97. The fraction of sp³-hybridized carbons (Fsp3) is 0.118. The van der Waals surface area contributed by atoms with E-state index in [-0.39, 0.29) is 11.7 Å². The average Bonchev–Trinajstić information content (AvgIpc) is 2.83. The van der Waals surface area contributed by atoms with Gasteiger partial charge in [0.2, 0.25) is 0 Å². The van der Waals surface area contributed by atoms with Crippen molar-refractivity contribution in [1.82, 2.24) is 0 Å². The van der Waals surface area contributed by atoms with Crippen LogP contribution in [0.25, 0.3) is 5.57 Å². The molecule has 118 valence electrons. The van der Waals surface area contributed by atoms with E-state index in [1.165, 1.54) is 12.1 Å². The summed E-state index contributed by atoms with van der Waals surface area (Å²) in [5, 5.41) is 5.80. The molecule has 0 saturated heterocycles. The standard InChI is InChI=1S/C17H14F2N2O2/c1-10-3-2-4-14-15(10)13(16(22)21-14)9-20-11-5-7-12(8-6-11)23-17(18)19/h2-9,17,20H,1H3,(H,21,22)/b13-9-. The van der Waals surface area contributed by atoms with Gasteiger partial charge in [-0.05, 0) is 42.8 Å². The second-order valence-electron chi connectivity index (χ2n) is 5.06. The van der Waals surface area contributed by atoms with E-state index in [0.29, 0.717) is 11.3 Å². The Balaban J connectivity index is 1.80. The summed E-state index contributed by atoms with van der Waals surface area (Å²) in [6, 6.07) is 11.7. The molecule has 0 aromatic heterocycles. The number of halogens is 2. The number of amides is 1. The second kappa shape index (κ2) is 6.08. The Bertz CT molecular complexity index is 771. The zero-order chi connectivity index (χ0) is 16.4. The first-order valence-electron chi connectivity index (χ1n) is 6.97. The minimum absolute atomic E-state index is 0.0815. The third-order valence-electron chi connectivity index (χ3n) is 3.50. The molecule has 3 rings (SSSR count). The molecule has 0 fully saturated rings. The van der Waals surface area contributed by atoms with Crippen molar-refractivity contribution in [1.29, 1.82) is 0 Å². The molecule has 2 aromatic carbocycles. The van der Waals surface area contributed by atoms with Crippen LogP contribution in [0.3, 0.4) is 0 Å². The molecule has 1 aliphatic rings. The van der Waals surface area contributed by atoms with Crippen molar-refractivity contribution in [2.45, 2.75) is 13.5 Å². The predicted octanol–water partition coefficient (Wildman–Crippen LogP) is 4.00. The van der Waals surface area contributed by atoms with Crippen LogP contribution in [0.4, 0.5) is 20.2 Å². The lowest BCUT2D eigenvalue weighted by Gasteiger charge is -2.07. The third-order valence-corrected chi connectivity index (χ3v) is 3.50. The molecule has 0 spiro atoms. The number of hydrogen-bond donors (Lipinski definition) is 2. The van der Waals surface area contributed by atoms with Gasteiger partial charge in [0.15, 0.2) is 0 Å². The van der Waals surface area contributed by atoms with Gasteiger partial charge < -0.3 is 15.4 Å². The lowest BCUT2D eigenvalue weighted by Crippen LogP contribution is -2.05. The maximum atomic E-state index is 12.1. The quantitative estimate of drug-likeness (QED) is 0.838. The highest BCUT2D eigenvalue weighted by Gasteiger charge is 2.25. The van der Waals surface area contributed by atoms with Gasteiger partial charge in [-0.2, -0.15) is 8.78 Å². The topological polar surface area (TPSA) is 50.4 Å². The Labute approximate surface area is 131 Å². The van der Waals surface area contributed by atoms with Crippen LogP contribution < -0.4 is 15.4 Å². The van der Waals surface area contributed by atoms with Crippen molar-refractivity contribution in [3.05, 3.63) is 59.8 Å². The van der Waals surface area contributed by atoms with Crippen molar-refractivity contribution < 1.29 is 18.3 Å². The summed E-state index contributed by atoms with van der Waals surface area (Å²) in [6.07, 6.45) is 1.61. The molecule has 1 amide bonds. The molecule has 6 heteroatoms. The number of nitrogens with one attached hydrogen (secondary N) is 2. The lowest BCUT2D eigenvalue weighted by molar-refractivity contribution is -0.110. The normalized spacial score (nSPS) is 14.8. The van der Waals surface area contributed by atoms with Gasteiger partial charge in [0.05, 0.1) is 5.57 Å². The Hall–Kier alpha value is -2.89. The summed E-state index contributed by atoms with van der Waals surface area (Å²) in [5.74, 6) is -0.0996. The van der Waals surface area contributed by atoms with E-state index in [1.807, 2.05) is 25.1 Å². The third kappa shape index (κ3) is 3.15. The van der Waals surface area contributed by atoms with Crippen LogP contribution in [0.2, 0.25) is 0 Å². The van der Waals surface area contributed by atoms with Crippen LogP contribution in [-0.4, -0.2) is 12.5 Å². The van der Waals surface area contributed by atoms with Crippen molar-refractivity contribution in [2.24, 2.45) is 0 Å². The summed E-state index contributed by atoms with van der Waals surface area (Å²) < 4.78 is 28.5. The Morgan fingerprint density at radius 3 is 2.61 bits per heavy atom. The predicted molar refractivity (Wildman–Crippen MR) is 84.5 cm³/mol. The van der Waals surface area contributed by atoms with Crippen molar-refractivity contribution in [3.8, 4) is 5.75 Å². The molecule has 0 radical (unpaired) electrons. The maximum absolute atomic E-state index is 12.1. The highest BCUT2D eigenvalue weighted by molar-refractivity contribution is 6.32. The first-order chi connectivity index (χ1) is 11.0. The number of carbonyl (C=O) groups excluding carboxylic acids is 1. The van der Waals surface area contributed by atoms with Gasteiger partial charge in [-0.25, -0.2) is 0 Å². The number of alkyl halides is 2. The maximum Gasteiger partial charge on any atom is 0.387 e. The average molecular weight is 316 g/mol. The smallest absolute Gasteiger partial charge is 0.387 e. The molecule has 0 bridgehead atoms. The summed E-state index contributed by atoms with van der Waals surface area (Å²) >= 11 is 0. The molecule has 2 N–H and O–H groups in total. The number of ether oxygens (including phenoxy) is 1. The van der Waals surface area contributed by atoms with Gasteiger partial charge in [0.25, 0.3) is 5.91 Å². The van der Waals surface area contributed by atoms with Crippen LogP contribution in [0.1, 0.15) is 11.1 Å². The molecular weight excluding hydrogens is 302 g/mol. The van der Waals surface area contributed by atoms with E-state index < -0.39 is 6.61 Å². The molecule has 0 atom stereocenters. The molecule has 0 unspecified atom stereocenters. The minimum atomic E-state index is -2.85. The number of anilines is 2. The van der Waals surface area contributed by atoms with E-state index in [0.717, 1.165) is 16.8 Å². The Morgan fingerprint density at radius 2 is 1.91 bits per heavy atom. The summed E-state index contributed by atoms with van der Waals surface area (Å²) in [6.45, 7) is -0.915. The van der Waals surface area contributed by atoms with Crippen molar-refractivity contribution >= 4 is 22.9 Å². The van der Waals surface area contributed by atoms with Gasteiger partial charge >= 0.3 is 6.61 Å². The summed E-state index contributed by atoms with van der Waals surface area (Å²) in [5.41, 5.74) is 3.83. The minimum Gasteiger partial charge on any atom is -0.435 e. The van der Waals surface area contributed by atoms with Crippen LogP contribution in [0, 0.1) is 6.92 Å². The fourth-order valence-corrected chi connectivity index (χ4v) is 2.46. The number of carbonyl (C=O) groups is 1. The van der Waals surface area contributed by atoms with Crippen LogP contribution >= 0.6 is 0 Å². The zero-order valence-electron chi connectivity index (χ0n) is 12.3. The van der Waals surface area contributed by atoms with Gasteiger partial charge in [0, 0.05) is 23.1 Å². The fourth-order valence-electron chi connectivity index (χ4n) is 2.46. The van der Waals surface area contributed by atoms with E-state index in [9.17, 15) is 13.6 Å². The van der Waals surface area contributed by atoms with Gasteiger partial charge in [-0.1, -0.05) is 12.1 Å². The number of aryl methyl sites for hydroxylation is 1. The van der Waals surface area contributed by atoms with Gasteiger partial charge in [-0.15, -0.1) is 0 Å². The molecule has 1 aliphatic heterocycles. The number of rotatable bonds is 4. The van der Waals surface area contributed by atoms with Crippen LogP contribution in [-0.2, 0) is 4.79 Å². The van der Waals surface area contributed by atoms with Gasteiger partial charge in [-0.3, -0.25) is 4.79 Å². The molecule has 4 nitrogen and oxygen atoms in total. The van der Waals surface area contributed by atoms with Crippen molar-refractivity contribution in [2.75, 3.05) is 10.6 Å². The number of benzene rings is 2. The van der Waals surface area contributed by atoms with Crippen LogP contribution in [0.15, 0.2) is 48.7 Å². The highest BCUT2D eigenvalue weighted by Crippen LogP contribution is 2.34. The molecule has 23 heavy (non-hydrogen) atoms. The first kappa shape index (κ1) is 15.0. The molecule has 0 aliphatic carbocycles. The largest absolute Gasteiger partial charge is 0.435 e. The Morgan fingerprint density at radius 1 is 1.17 bits per heavy atom. The SMILES string of the molecule is Cc1cccc2c1/C(=C/Nc1ccc(OC(F)F)cc1)C(=O)N2. The van der Waals surface area contributed by atoms with E-state index in [1.54, 1.807) is 18.3 Å².